The normalized spacial score (nSPS) is 11.0. The zero-order valence-electron chi connectivity index (χ0n) is 16.7. The van der Waals surface area contributed by atoms with E-state index < -0.39 is 6.43 Å². The van der Waals surface area contributed by atoms with Crippen LogP contribution < -0.4 is 9.47 Å². The molecule has 31 heavy (non-hydrogen) atoms. The van der Waals surface area contributed by atoms with Crippen molar-refractivity contribution in [3.8, 4) is 28.8 Å². The third kappa shape index (κ3) is 4.47. The van der Waals surface area contributed by atoms with Gasteiger partial charge in [-0.05, 0) is 30.7 Å². The molecule has 0 aliphatic heterocycles. The fourth-order valence-electron chi connectivity index (χ4n) is 2.86. The number of alkyl halides is 2. The summed E-state index contributed by atoms with van der Waals surface area (Å²) in [4.78, 5) is 8.09. The largest absolute Gasteiger partial charge is 0.470 e. The number of benzene rings is 1. The Balaban J connectivity index is 1.47. The van der Waals surface area contributed by atoms with Crippen LogP contribution in [0.2, 0.25) is 0 Å². The van der Waals surface area contributed by atoms with E-state index >= 15 is 0 Å². The van der Waals surface area contributed by atoms with Gasteiger partial charge in [-0.2, -0.15) is 5.10 Å². The lowest BCUT2D eigenvalue weighted by atomic mass is 10.2. The highest BCUT2D eigenvalue weighted by atomic mass is 19.3. The highest BCUT2D eigenvalue weighted by Crippen LogP contribution is 2.22. The molecule has 0 atom stereocenters. The summed E-state index contributed by atoms with van der Waals surface area (Å²) in [7, 11) is 1.49. The monoisotopic (exact) mass is 424 g/mol. The minimum atomic E-state index is -2.51. The van der Waals surface area contributed by atoms with Crippen molar-refractivity contribution in [2.24, 2.45) is 0 Å². The Morgan fingerprint density at radius 3 is 2.32 bits per heavy atom. The maximum absolute atomic E-state index is 12.8. The quantitative estimate of drug-likeness (QED) is 0.444. The molecular weight excluding hydrogens is 406 g/mol. The van der Waals surface area contributed by atoms with Gasteiger partial charge in [-0.1, -0.05) is 12.1 Å². The summed E-state index contributed by atoms with van der Waals surface area (Å²) in [6.45, 7) is 2.08. The zero-order chi connectivity index (χ0) is 21.8. The Morgan fingerprint density at radius 1 is 0.968 bits per heavy atom. The van der Waals surface area contributed by atoms with E-state index in [1.165, 1.54) is 19.2 Å². The Hall–Kier alpha value is -3.95. The van der Waals surface area contributed by atoms with Gasteiger partial charge < -0.3 is 9.47 Å². The topological polar surface area (TPSA) is 87.8 Å². The van der Waals surface area contributed by atoms with Crippen molar-refractivity contribution in [3.05, 3.63) is 71.8 Å². The van der Waals surface area contributed by atoms with E-state index in [9.17, 15) is 8.78 Å². The molecule has 0 radical (unpaired) electrons. The Kier molecular flexibility index (Phi) is 5.78. The maximum atomic E-state index is 12.8. The number of nitrogens with zero attached hydrogens (tertiary/aromatic N) is 6. The first-order valence-corrected chi connectivity index (χ1v) is 9.30. The average Bonchev–Trinajstić information content (AvgIpc) is 3.18. The second-order valence-corrected chi connectivity index (χ2v) is 6.58. The molecule has 0 saturated heterocycles. The minimum Gasteiger partial charge on any atom is -0.470 e. The lowest BCUT2D eigenvalue weighted by molar-refractivity contribution is 0.151. The number of aromatic nitrogens is 6. The van der Waals surface area contributed by atoms with Crippen LogP contribution in [0.4, 0.5) is 8.78 Å². The maximum Gasteiger partial charge on any atom is 0.316 e. The first-order valence-electron chi connectivity index (χ1n) is 9.30. The van der Waals surface area contributed by atoms with Crippen LogP contribution in [0.3, 0.4) is 0 Å². The third-order valence-corrected chi connectivity index (χ3v) is 4.57. The van der Waals surface area contributed by atoms with Gasteiger partial charge in [0.25, 0.3) is 6.43 Å². The summed E-state index contributed by atoms with van der Waals surface area (Å²) < 4.78 is 38.0. The number of aryl methyl sites for hydroxylation is 1. The van der Waals surface area contributed by atoms with Crippen LogP contribution >= 0.6 is 0 Å². The number of halogens is 2. The van der Waals surface area contributed by atoms with Crippen LogP contribution in [0.15, 0.2) is 55.0 Å². The second kappa shape index (κ2) is 8.82. The van der Waals surface area contributed by atoms with Gasteiger partial charge in [0.2, 0.25) is 5.88 Å². The second-order valence-electron chi connectivity index (χ2n) is 6.58. The molecule has 0 fully saturated rings. The van der Waals surface area contributed by atoms with Crippen molar-refractivity contribution in [1.82, 2.24) is 29.9 Å². The molecule has 3 aromatic heterocycles. The molecule has 0 aliphatic carbocycles. The molecule has 0 bridgehead atoms. The molecular formula is C21H18F2N6O2. The molecule has 158 valence electrons. The van der Waals surface area contributed by atoms with Gasteiger partial charge >= 0.3 is 6.01 Å². The summed E-state index contributed by atoms with van der Waals surface area (Å²) in [5.74, 6) is 0.332. The van der Waals surface area contributed by atoms with Crippen molar-refractivity contribution in [2.45, 2.75) is 20.0 Å². The van der Waals surface area contributed by atoms with Crippen molar-refractivity contribution < 1.29 is 18.3 Å². The fraction of sp³-hybridized carbons (Fsp3) is 0.190. The summed E-state index contributed by atoms with van der Waals surface area (Å²) in [6, 6.07) is 9.68. The van der Waals surface area contributed by atoms with Crippen LogP contribution in [0.1, 0.15) is 23.2 Å². The van der Waals surface area contributed by atoms with Crippen LogP contribution in [0, 0.1) is 6.92 Å². The molecule has 1 aromatic carbocycles. The number of hydrogen-bond donors (Lipinski definition) is 0. The molecule has 4 aromatic rings. The van der Waals surface area contributed by atoms with Gasteiger partial charge in [-0.3, -0.25) is 0 Å². The van der Waals surface area contributed by atoms with E-state index in [-0.39, 0.29) is 18.2 Å². The molecule has 0 aliphatic rings. The van der Waals surface area contributed by atoms with E-state index in [0.29, 0.717) is 22.8 Å². The molecule has 10 heteroatoms. The fourth-order valence-corrected chi connectivity index (χ4v) is 2.86. The standard InChI is InChI=1S/C21H18F2N6O2/c1-13-9-26-29(16-5-3-14(4-6-16)20(22)23)18(13)12-31-19-8-7-17(27-28-19)15-10-24-21(30-2)25-11-15/h3-11,20H,12H2,1-2H3. The molecule has 3 heterocycles. The van der Waals surface area contributed by atoms with Gasteiger partial charge in [-0.25, -0.2) is 23.4 Å². The Labute approximate surface area is 176 Å². The van der Waals surface area contributed by atoms with Crippen LogP contribution in [-0.4, -0.2) is 37.1 Å². The Morgan fingerprint density at radius 2 is 1.71 bits per heavy atom. The van der Waals surface area contributed by atoms with Crippen molar-refractivity contribution in [2.75, 3.05) is 7.11 Å². The van der Waals surface area contributed by atoms with Crippen LogP contribution in [0.5, 0.6) is 11.9 Å². The predicted molar refractivity (Wildman–Crippen MR) is 107 cm³/mol. The number of ether oxygens (including phenoxy) is 2. The minimum absolute atomic E-state index is 0.0388. The van der Waals surface area contributed by atoms with E-state index in [4.69, 9.17) is 9.47 Å². The van der Waals surface area contributed by atoms with Crippen LogP contribution in [0.25, 0.3) is 16.9 Å². The van der Waals surface area contributed by atoms with Gasteiger partial charge in [0.1, 0.15) is 6.61 Å². The van der Waals surface area contributed by atoms with Gasteiger partial charge in [0, 0.05) is 29.6 Å². The van der Waals surface area contributed by atoms with Crippen molar-refractivity contribution in [1.29, 1.82) is 0 Å². The van der Waals surface area contributed by atoms with Crippen molar-refractivity contribution in [3.63, 3.8) is 0 Å². The van der Waals surface area contributed by atoms with E-state index in [2.05, 4.69) is 25.3 Å². The number of rotatable bonds is 7. The molecule has 4 rings (SSSR count). The van der Waals surface area contributed by atoms with Crippen LogP contribution in [-0.2, 0) is 6.61 Å². The predicted octanol–water partition coefficient (Wildman–Crippen LogP) is 3.95. The highest BCUT2D eigenvalue weighted by molar-refractivity contribution is 5.56. The van der Waals surface area contributed by atoms with Gasteiger partial charge in [0.05, 0.1) is 30.4 Å². The molecule has 0 N–H and O–H groups in total. The smallest absolute Gasteiger partial charge is 0.316 e. The first-order chi connectivity index (χ1) is 15.0. The lowest BCUT2D eigenvalue weighted by Gasteiger charge is -2.11. The zero-order valence-corrected chi connectivity index (χ0v) is 16.7. The summed E-state index contributed by atoms with van der Waals surface area (Å²) in [6.07, 6.45) is 2.37. The number of hydrogen-bond acceptors (Lipinski definition) is 7. The van der Waals surface area contributed by atoms with Crippen molar-refractivity contribution >= 4 is 0 Å². The molecule has 0 unspecified atom stereocenters. The van der Waals surface area contributed by atoms with E-state index in [0.717, 1.165) is 11.3 Å². The lowest BCUT2D eigenvalue weighted by Crippen LogP contribution is -2.08. The molecule has 0 saturated carbocycles. The molecule has 0 spiro atoms. The van der Waals surface area contributed by atoms with E-state index in [1.807, 2.05) is 6.92 Å². The average molecular weight is 424 g/mol. The van der Waals surface area contributed by atoms with Gasteiger partial charge in [0.15, 0.2) is 0 Å². The SMILES string of the molecule is COc1ncc(-c2ccc(OCc3c(C)cnn3-c3ccc(C(F)F)cc3)nn2)cn1. The summed E-state index contributed by atoms with van der Waals surface area (Å²) >= 11 is 0. The molecule has 8 nitrogen and oxygen atoms in total. The van der Waals surface area contributed by atoms with Gasteiger partial charge in [-0.15, -0.1) is 10.2 Å². The Bertz CT molecular complexity index is 1150. The number of methoxy groups -OCH3 is 1. The summed E-state index contributed by atoms with van der Waals surface area (Å²) in [5, 5.41) is 12.6. The highest BCUT2D eigenvalue weighted by Gasteiger charge is 2.13. The third-order valence-electron chi connectivity index (χ3n) is 4.57. The first kappa shape index (κ1) is 20.3. The molecule has 0 amide bonds. The van der Waals surface area contributed by atoms with E-state index in [1.54, 1.807) is 47.5 Å². The summed E-state index contributed by atoms with van der Waals surface area (Å²) in [5.41, 5.74) is 3.59.